The molecule has 7 nitrogen and oxygen atoms in total. The van der Waals surface area contributed by atoms with Crippen molar-refractivity contribution in [2.24, 2.45) is 5.92 Å². The lowest BCUT2D eigenvalue weighted by atomic mass is 9.88. The van der Waals surface area contributed by atoms with Crippen molar-refractivity contribution < 1.29 is 24.5 Å². The van der Waals surface area contributed by atoms with E-state index in [4.69, 9.17) is 4.74 Å². The zero-order chi connectivity index (χ0) is 19.6. The van der Waals surface area contributed by atoms with Gasteiger partial charge in [0.2, 0.25) is 5.91 Å². The molecule has 1 aromatic rings. The van der Waals surface area contributed by atoms with Gasteiger partial charge >= 0.3 is 0 Å². The normalized spacial score (nSPS) is 26.7. The maximum absolute atomic E-state index is 12.8. The van der Waals surface area contributed by atoms with Gasteiger partial charge in [0, 0.05) is 37.7 Å². The van der Waals surface area contributed by atoms with E-state index >= 15 is 0 Å². The summed E-state index contributed by atoms with van der Waals surface area (Å²) in [5.41, 5.74) is -0.552. The molecule has 0 aromatic heterocycles. The second-order valence-corrected chi connectivity index (χ2v) is 7.71. The van der Waals surface area contributed by atoms with Crippen LogP contribution in [0.3, 0.4) is 0 Å². The number of aliphatic hydroxyl groups is 2. The Morgan fingerprint density at radius 1 is 1.19 bits per heavy atom. The Kier molecular flexibility index (Phi) is 5.72. The van der Waals surface area contributed by atoms with E-state index in [1.807, 2.05) is 0 Å². The number of carbonyl (C=O) groups is 2. The molecule has 2 saturated heterocycles. The molecular formula is C20H28N2O5. The van der Waals surface area contributed by atoms with Crippen LogP contribution >= 0.6 is 0 Å². The molecule has 2 heterocycles. The molecule has 3 rings (SSSR count). The summed E-state index contributed by atoms with van der Waals surface area (Å²) in [6.45, 7) is 3.27. The second-order valence-electron chi connectivity index (χ2n) is 7.71. The molecule has 27 heavy (non-hydrogen) atoms. The molecular weight excluding hydrogens is 348 g/mol. The Labute approximate surface area is 159 Å². The first kappa shape index (κ1) is 19.6. The number of carbonyl (C=O) groups excluding carboxylic acids is 2. The van der Waals surface area contributed by atoms with Crippen LogP contribution in [0.5, 0.6) is 5.75 Å². The average Bonchev–Trinajstić information content (AvgIpc) is 2.69. The molecule has 148 valence electrons. The minimum absolute atomic E-state index is 0.0121. The van der Waals surface area contributed by atoms with E-state index in [9.17, 15) is 19.8 Å². The van der Waals surface area contributed by atoms with Crippen molar-refractivity contribution in [3.8, 4) is 5.75 Å². The number of aliphatic hydroxyl groups excluding tert-OH is 1. The second kappa shape index (κ2) is 7.86. The highest BCUT2D eigenvalue weighted by Gasteiger charge is 2.40. The fourth-order valence-electron chi connectivity index (χ4n) is 3.75. The van der Waals surface area contributed by atoms with E-state index in [0.717, 1.165) is 0 Å². The summed E-state index contributed by atoms with van der Waals surface area (Å²) in [5, 5.41) is 20.1. The van der Waals surface area contributed by atoms with Crippen LogP contribution in [0.2, 0.25) is 0 Å². The van der Waals surface area contributed by atoms with Crippen molar-refractivity contribution in [1.29, 1.82) is 0 Å². The van der Waals surface area contributed by atoms with Crippen LogP contribution in [-0.4, -0.2) is 76.8 Å². The van der Waals surface area contributed by atoms with Crippen LogP contribution in [0.1, 0.15) is 36.5 Å². The number of rotatable bonds is 3. The van der Waals surface area contributed by atoms with Gasteiger partial charge in [-0.3, -0.25) is 9.59 Å². The summed E-state index contributed by atoms with van der Waals surface area (Å²) < 4.78 is 5.17. The third-order valence-corrected chi connectivity index (χ3v) is 5.76. The predicted octanol–water partition coefficient (Wildman–Crippen LogP) is 0.892. The third kappa shape index (κ3) is 4.25. The van der Waals surface area contributed by atoms with Gasteiger partial charge < -0.3 is 24.7 Å². The van der Waals surface area contributed by atoms with Crippen LogP contribution in [-0.2, 0) is 4.79 Å². The SMILES string of the molecule is COc1cccc(C(=O)N2CCC(C(=O)N3CC[C@@](C)(O)[C@@H](O)C3)CC2)c1. The average molecular weight is 376 g/mol. The molecule has 2 aliphatic heterocycles. The molecule has 2 N–H and O–H groups in total. The van der Waals surface area contributed by atoms with Crippen molar-refractivity contribution in [3.05, 3.63) is 29.8 Å². The van der Waals surface area contributed by atoms with E-state index < -0.39 is 11.7 Å². The lowest BCUT2D eigenvalue weighted by molar-refractivity contribution is -0.151. The summed E-state index contributed by atoms with van der Waals surface area (Å²) >= 11 is 0. The number of nitrogens with zero attached hydrogens (tertiary/aromatic N) is 2. The molecule has 1 aromatic carbocycles. The van der Waals surface area contributed by atoms with Crippen molar-refractivity contribution >= 4 is 11.8 Å². The molecule has 0 spiro atoms. The number of amides is 2. The zero-order valence-electron chi connectivity index (χ0n) is 15.9. The van der Waals surface area contributed by atoms with E-state index in [1.165, 1.54) is 0 Å². The monoisotopic (exact) mass is 376 g/mol. The molecule has 2 aliphatic rings. The Balaban J connectivity index is 1.55. The summed E-state index contributed by atoms with van der Waals surface area (Å²) in [6.07, 6.45) is 0.659. The number of hydrogen-bond donors (Lipinski definition) is 2. The molecule has 2 amide bonds. The van der Waals surface area contributed by atoms with Gasteiger partial charge in [-0.25, -0.2) is 0 Å². The van der Waals surface area contributed by atoms with Gasteiger partial charge in [-0.1, -0.05) is 6.07 Å². The van der Waals surface area contributed by atoms with E-state index in [0.29, 0.717) is 50.2 Å². The fraction of sp³-hybridized carbons (Fsp3) is 0.600. The van der Waals surface area contributed by atoms with Gasteiger partial charge in [0.1, 0.15) is 5.75 Å². The van der Waals surface area contributed by atoms with Gasteiger partial charge in [0.05, 0.1) is 18.8 Å². The smallest absolute Gasteiger partial charge is 0.253 e. The summed E-state index contributed by atoms with van der Waals surface area (Å²) in [6, 6.07) is 7.08. The van der Waals surface area contributed by atoms with Crippen LogP contribution in [0.15, 0.2) is 24.3 Å². The van der Waals surface area contributed by atoms with Gasteiger partial charge in [-0.15, -0.1) is 0 Å². The van der Waals surface area contributed by atoms with E-state index in [1.54, 1.807) is 48.1 Å². The quantitative estimate of drug-likeness (QED) is 0.818. The third-order valence-electron chi connectivity index (χ3n) is 5.76. The highest BCUT2D eigenvalue weighted by Crippen LogP contribution is 2.27. The van der Waals surface area contributed by atoms with Crippen LogP contribution in [0.4, 0.5) is 0 Å². The number of benzene rings is 1. The van der Waals surface area contributed by atoms with Gasteiger partial charge in [-0.05, 0) is 44.4 Å². The Hall–Kier alpha value is -2.12. The Bertz CT molecular complexity index is 697. The van der Waals surface area contributed by atoms with E-state index in [2.05, 4.69) is 0 Å². The molecule has 7 heteroatoms. The molecule has 0 saturated carbocycles. The van der Waals surface area contributed by atoms with Gasteiger partial charge in [-0.2, -0.15) is 0 Å². The number of ether oxygens (including phenoxy) is 1. The maximum atomic E-state index is 12.8. The number of β-amino-alcohol motifs (C(OH)–C–C–N with tert-alkyl or cyclic N) is 1. The predicted molar refractivity (Wildman–Crippen MR) is 99.4 cm³/mol. The minimum Gasteiger partial charge on any atom is -0.497 e. The zero-order valence-corrected chi connectivity index (χ0v) is 15.9. The Morgan fingerprint density at radius 3 is 2.52 bits per heavy atom. The number of piperidine rings is 2. The first-order chi connectivity index (χ1) is 12.8. The molecule has 0 radical (unpaired) electrons. The first-order valence-electron chi connectivity index (χ1n) is 9.44. The highest BCUT2D eigenvalue weighted by atomic mass is 16.5. The topological polar surface area (TPSA) is 90.3 Å². The van der Waals surface area contributed by atoms with Crippen LogP contribution in [0.25, 0.3) is 0 Å². The summed E-state index contributed by atoms with van der Waals surface area (Å²) in [5.74, 6) is 0.460. The molecule has 2 atom stereocenters. The Morgan fingerprint density at radius 2 is 1.89 bits per heavy atom. The standard InChI is InChI=1S/C20H28N2O5/c1-20(26)8-11-22(13-17(20)23)18(24)14-6-9-21(10-7-14)19(25)15-4-3-5-16(12-15)27-2/h3-5,12,14,17,23,26H,6-11,13H2,1-2H3/t17-,20+/m0/s1. The molecule has 0 unspecified atom stereocenters. The van der Waals surface area contributed by atoms with E-state index in [-0.39, 0.29) is 24.3 Å². The summed E-state index contributed by atoms with van der Waals surface area (Å²) in [4.78, 5) is 28.8. The van der Waals surface area contributed by atoms with Crippen molar-refractivity contribution in [2.75, 3.05) is 33.3 Å². The minimum atomic E-state index is -1.14. The number of hydrogen-bond acceptors (Lipinski definition) is 5. The highest BCUT2D eigenvalue weighted by molar-refractivity contribution is 5.94. The van der Waals surface area contributed by atoms with Crippen molar-refractivity contribution in [1.82, 2.24) is 9.80 Å². The van der Waals surface area contributed by atoms with Crippen molar-refractivity contribution in [2.45, 2.75) is 37.9 Å². The summed E-state index contributed by atoms with van der Waals surface area (Å²) in [7, 11) is 1.57. The lowest BCUT2D eigenvalue weighted by Gasteiger charge is -2.42. The van der Waals surface area contributed by atoms with Gasteiger partial charge in [0.15, 0.2) is 0 Å². The van der Waals surface area contributed by atoms with Gasteiger partial charge in [0.25, 0.3) is 5.91 Å². The maximum Gasteiger partial charge on any atom is 0.253 e. The molecule has 0 bridgehead atoms. The number of likely N-dealkylation sites (tertiary alicyclic amines) is 2. The fourth-order valence-corrected chi connectivity index (χ4v) is 3.75. The van der Waals surface area contributed by atoms with Crippen LogP contribution in [0, 0.1) is 5.92 Å². The van der Waals surface area contributed by atoms with Crippen molar-refractivity contribution in [3.63, 3.8) is 0 Å². The lowest BCUT2D eigenvalue weighted by Crippen LogP contribution is -2.56. The first-order valence-corrected chi connectivity index (χ1v) is 9.44. The molecule has 0 aliphatic carbocycles. The largest absolute Gasteiger partial charge is 0.497 e. The number of methoxy groups -OCH3 is 1. The molecule has 2 fully saturated rings. The van der Waals surface area contributed by atoms with Crippen LogP contribution < -0.4 is 4.74 Å².